The summed E-state index contributed by atoms with van der Waals surface area (Å²) in [5.74, 6) is 2.68. The van der Waals surface area contributed by atoms with Crippen LogP contribution < -0.4 is 14.8 Å². The number of nitrogens with zero attached hydrogens (tertiary/aromatic N) is 1. The second-order valence-corrected chi connectivity index (χ2v) is 9.45. The van der Waals surface area contributed by atoms with E-state index in [9.17, 15) is 0 Å². The Morgan fingerprint density at radius 2 is 1.53 bits per heavy atom. The van der Waals surface area contributed by atoms with Crippen LogP contribution in [0.5, 0.6) is 11.5 Å². The van der Waals surface area contributed by atoms with E-state index in [1.807, 2.05) is 13.0 Å². The van der Waals surface area contributed by atoms with Crippen LogP contribution in [0.2, 0.25) is 0 Å². The second-order valence-electron chi connectivity index (χ2n) is 9.45. The Morgan fingerprint density at radius 1 is 0.882 bits per heavy atom. The molecule has 0 spiro atoms. The zero-order valence-corrected chi connectivity index (χ0v) is 20.3. The van der Waals surface area contributed by atoms with E-state index in [1.54, 1.807) is 7.11 Å². The Balaban J connectivity index is 1.48. The Bertz CT molecular complexity index is 1010. The lowest BCUT2D eigenvalue weighted by molar-refractivity contribution is 0.00460. The lowest BCUT2D eigenvalue weighted by atomic mass is 9.70. The first kappa shape index (κ1) is 22.9. The van der Waals surface area contributed by atoms with Crippen molar-refractivity contribution >= 4 is 0 Å². The molecule has 3 fully saturated rings. The normalized spacial score (nSPS) is 23.7. The Hall–Kier alpha value is -2.82. The molecule has 4 nitrogen and oxygen atoms in total. The van der Waals surface area contributed by atoms with E-state index in [2.05, 4.69) is 83.0 Å². The SMILES string of the molecule is CCOc1c(CN[C@@H]2C3CCN(CC3)[C@H]2C(c2ccccc2)c2ccccc2)cccc1OC. The van der Waals surface area contributed by atoms with Crippen LogP contribution in [0.15, 0.2) is 78.9 Å². The van der Waals surface area contributed by atoms with Crippen molar-refractivity contribution in [3.63, 3.8) is 0 Å². The zero-order valence-electron chi connectivity index (χ0n) is 20.3. The number of methoxy groups -OCH3 is 1. The van der Waals surface area contributed by atoms with Crippen LogP contribution in [0.4, 0.5) is 0 Å². The molecule has 0 saturated carbocycles. The molecule has 3 saturated heterocycles. The van der Waals surface area contributed by atoms with Gasteiger partial charge >= 0.3 is 0 Å². The Labute approximate surface area is 203 Å². The summed E-state index contributed by atoms with van der Waals surface area (Å²) in [5, 5.41) is 4.01. The van der Waals surface area contributed by atoms with E-state index in [4.69, 9.17) is 9.47 Å². The molecule has 0 aliphatic carbocycles. The highest BCUT2D eigenvalue weighted by Crippen LogP contribution is 2.42. The zero-order chi connectivity index (χ0) is 23.3. The smallest absolute Gasteiger partial charge is 0.165 e. The van der Waals surface area contributed by atoms with Crippen molar-refractivity contribution in [3.8, 4) is 11.5 Å². The van der Waals surface area contributed by atoms with Crippen molar-refractivity contribution in [2.24, 2.45) is 5.92 Å². The second kappa shape index (κ2) is 10.6. The van der Waals surface area contributed by atoms with E-state index in [1.165, 1.54) is 37.1 Å². The van der Waals surface area contributed by atoms with Gasteiger partial charge < -0.3 is 14.8 Å². The third-order valence-corrected chi connectivity index (χ3v) is 7.63. The van der Waals surface area contributed by atoms with Gasteiger partial charge in [-0.05, 0) is 56.0 Å². The fourth-order valence-corrected chi connectivity index (χ4v) is 6.09. The van der Waals surface area contributed by atoms with Gasteiger partial charge in [-0.2, -0.15) is 0 Å². The molecule has 3 aromatic carbocycles. The summed E-state index contributed by atoms with van der Waals surface area (Å²) in [6.07, 6.45) is 2.53. The third kappa shape index (κ3) is 4.57. The molecule has 34 heavy (non-hydrogen) atoms. The maximum Gasteiger partial charge on any atom is 0.165 e. The summed E-state index contributed by atoms with van der Waals surface area (Å²) < 4.78 is 11.6. The molecule has 0 unspecified atom stereocenters. The van der Waals surface area contributed by atoms with Crippen molar-refractivity contribution in [1.29, 1.82) is 0 Å². The van der Waals surface area contributed by atoms with Crippen LogP contribution >= 0.6 is 0 Å². The van der Waals surface area contributed by atoms with Crippen LogP contribution in [0.25, 0.3) is 0 Å². The van der Waals surface area contributed by atoms with Gasteiger partial charge in [0.1, 0.15) is 0 Å². The number of nitrogens with one attached hydrogen (secondary N) is 1. The van der Waals surface area contributed by atoms with Crippen molar-refractivity contribution in [2.75, 3.05) is 26.8 Å². The van der Waals surface area contributed by atoms with Gasteiger partial charge in [-0.3, -0.25) is 4.90 Å². The van der Waals surface area contributed by atoms with Gasteiger partial charge in [0.15, 0.2) is 11.5 Å². The Kier molecular flexibility index (Phi) is 7.17. The lowest BCUT2D eigenvalue weighted by Crippen LogP contribution is -2.64. The molecular formula is C30H36N2O2. The van der Waals surface area contributed by atoms with Gasteiger partial charge in [-0.15, -0.1) is 0 Å². The monoisotopic (exact) mass is 456 g/mol. The molecule has 6 rings (SSSR count). The highest BCUT2D eigenvalue weighted by Gasteiger charge is 2.46. The van der Waals surface area contributed by atoms with Gasteiger partial charge in [0, 0.05) is 30.1 Å². The highest BCUT2D eigenvalue weighted by molar-refractivity contribution is 5.46. The molecule has 2 bridgehead atoms. The summed E-state index contributed by atoms with van der Waals surface area (Å²) in [6.45, 7) is 5.80. The number of piperidine rings is 3. The summed E-state index contributed by atoms with van der Waals surface area (Å²) in [6, 6.07) is 29.2. The van der Waals surface area contributed by atoms with E-state index in [0.29, 0.717) is 30.5 Å². The summed E-state index contributed by atoms with van der Waals surface area (Å²) in [5.41, 5.74) is 3.95. The fourth-order valence-electron chi connectivity index (χ4n) is 6.09. The van der Waals surface area contributed by atoms with Crippen molar-refractivity contribution < 1.29 is 9.47 Å². The van der Waals surface area contributed by atoms with Crippen LogP contribution in [0.3, 0.4) is 0 Å². The van der Waals surface area contributed by atoms with Crippen LogP contribution in [0.1, 0.15) is 42.4 Å². The van der Waals surface area contributed by atoms with E-state index in [0.717, 1.165) is 23.6 Å². The minimum absolute atomic E-state index is 0.333. The maximum atomic E-state index is 6.00. The van der Waals surface area contributed by atoms with E-state index in [-0.39, 0.29) is 0 Å². The van der Waals surface area contributed by atoms with Crippen molar-refractivity contribution in [2.45, 2.75) is 44.3 Å². The van der Waals surface area contributed by atoms with Gasteiger partial charge in [0.25, 0.3) is 0 Å². The summed E-state index contributed by atoms with van der Waals surface area (Å²) in [4.78, 5) is 2.73. The van der Waals surface area contributed by atoms with Crippen LogP contribution in [0, 0.1) is 5.92 Å². The largest absolute Gasteiger partial charge is 0.493 e. The third-order valence-electron chi connectivity index (χ3n) is 7.63. The van der Waals surface area contributed by atoms with Gasteiger partial charge in [0.2, 0.25) is 0 Å². The van der Waals surface area contributed by atoms with Crippen molar-refractivity contribution in [1.82, 2.24) is 10.2 Å². The van der Waals surface area contributed by atoms with Gasteiger partial charge in [-0.1, -0.05) is 72.8 Å². The van der Waals surface area contributed by atoms with Gasteiger partial charge in [-0.25, -0.2) is 0 Å². The summed E-state index contributed by atoms with van der Waals surface area (Å²) >= 11 is 0. The number of fused-ring (bicyclic) bond motifs is 3. The van der Waals surface area contributed by atoms with Crippen LogP contribution in [-0.4, -0.2) is 43.8 Å². The quantitative estimate of drug-likeness (QED) is 0.462. The number of para-hydroxylation sites is 1. The minimum Gasteiger partial charge on any atom is -0.493 e. The molecule has 0 amide bonds. The maximum absolute atomic E-state index is 6.00. The molecule has 3 aromatic rings. The summed E-state index contributed by atoms with van der Waals surface area (Å²) in [7, 11) is 1.71. The first-order valence-electron chi connectivity index (χ1n) is 12.7. The minimum atomic E-state index is 0.333. The van der Waals surface area contributed by atoms with E-state index < -0.39 is 0 Å². The molecule has 178 valence electrons. The lowest BCUT2D eigenvalue weighted by Gasteiger charge is -2.54. The Morgan fingerprint density at radius 3 is 2.12 bits per heavy atom. The molecule has 0 aromatic heterocycles. The predicted molar refractivity (Wildman–Crippen MR) is 138 cm³/mol. The predicted octanol–water partition coefficient (Wildman–Crippen LogP) is 5.48. The molecule has 3 aliphatic rings. The first-order chi connectivity index (χ1) is 16.8. The average Bonchev–Trinajstić information content (AvgIpc) is 2.90. The highest BCUT2D eigenvalue weighted by atomic mass is 16.5. The average molecular weight is 457 g/mol. The molecule has 0 radical (unpaired) electrons. The van der Waals surface area contributed by atoms with Gasteiger partial charge in [0.05, 0.1) is 13.7 Å². The van der Waals surface area contributed by atoms with Crippen molar-refractivity contribution in [3.05, 3.63) is 95.6 Å². The molecule has 1 N–H and O–H groups in total. The molecule has 2 atom stereocenters. The first-order valence-corrected chi connectivity index (χ1v) is 12.7. The molecule has 3 heterocycles. The number of rotatable bonds is 9. The van der Waals surface area contributed by atoms with E-state index >= 15 is 0 Å². The fraction of sp³-hybridized carbons (Fsp3) is 0.400. The molecule has 3 aliphatic heterocycles. The number of benzene rings is 3. The number of ether oxygens (including phenoxy) is 2. The molecular weight excluding hydrogens is 420 g/mol. The number of hydrogen-bond acceptors (Lipinski definition) is 4. The number of hydrogen-bond donors (Lipinski definition) is 1. The topological polar surface area (TPSA) is 33.7 Å². The standard InChI is InChI=1S/C30H36N2O2/c1-3-34-30-25(15-10-16-26(30)33-2)21-31-28-24-17-19-32(20-18-24)29(28)27(22-11-6-4-7-12-22)23-13-8-5-9-14-23/h4-16,24,27-29,31H,3,17-21H2,1-2H3/t28-,29+/m1/s1. The molecule has 4 heteroatoms. The van der Waals surface area contributed by atoms with Crippen LogP contribution in [-0.2, 0) is 6.54 Å².